The number of para-hydroxylation sites is 1. The number of halogens is 1. The maximum absolute atomic E-state index is 13.1. The molecule has 1 amide bonds. The zero-order chi connectivity index (χ0) is 23.8. The van der Waals surface area contributed by atoms with Crippen molar-refractivity contribution in [2.24, 2.45) is 0 Å². The quantitative estimate of drug-likeness (QED) is 0.390. The van der Waals surface area contributed by atoms with Crippen LogP contribution in [-0.4, -0.2) is 56.6 Å². The van der Waals surface area contributed by atoms with E-state index in [-0.39, 0.29) is 5.91 Å². The Morgan fingerprint density at radius 1 is 0.857 bits per heavy atom. The molecule has 2 aromatic carbocycles. The molecule has 180 valence electrons. The number of carbonyl (C=O) groups excluding carboxylic acids is 1. The highest BCUT2D eigenvalue weighted by Crippen LogP contribution is 2.34. The van der Waals surface area contributed by atoms with Gasteiger partial charge in [-0.15, -0.1) is 10.2 Å². The third kappa shape index (κ3) is 4.22. The van der Waals surface area contributed by atoms with Crippen LogP contribution in [0.4, 0.5) is 5.95 Å². The lowest BCUT2D eigenvalue weighted by Gasteiger charge is -2.26. The lowest BCUT2D eigenvalue weighted by molar-refractivity contribution is 0.0767. The minimum atomic E-state index is 0.0485. The lowest BCUT2D eigenvalue weighted by Crippen LogP contribution is -2.36. The Bertz CT molecular complexity index is 1360. The second-order valence-corrected chi connectivity index (χ2v) is 10.1. The standard InChI is InChI=1S/C27H29ClN6O/c28-21-13-11-20(12-14-21)26(35)32-15-6-16-33(18-17-32)27-29-23-10-5-4-9-22(23)25-31-30-24(34(25)27)19-7-2-1-3-8-19/h4-5,9-14,19H,1-3,6-8,15-18H2. The van der Waals surface area contributed by atoms with Crippen molar-refractivity contribution in [3.63, 3.8) is 0 Å². The first-order valence-corrected chi connectivity index (χ1v) is 13.0. The molecule has 7 nitrogen and oxygen atoms in total. The molecule has 1 aliphatic heterocycles. The van der Waals surface area contributed by atoms with Gasteiger partial charge in [0.1, 0.15) is 5.82 Å². The fraction of sp³-hybridized carbons (Fsp3) is 0.407. The Balaban J connectivity index is 1.35. The molecule has 1 saturated heterocycles. The summed E-state index contributed by atoms with van der Waals surface area (Å²) in [5.41, 5.74) is 2.48. The van der Waals surface area contributed by atoms with Crippen molar-refractivity contribution >= 4 is 40.0 Å². The van der Waals surface area contributed by atoms with E-state index in [4.69, 9.17) is 21.7 Å². The highest BCUT2D eigenvalue weighted by Gasteiger charge is 2.27. The fourth-order valence-electron chi connectivity index (χ4n) is 5.52. The Kier molecular flexibility index (Phi) is 6.02. The molecule has 0 spiro atoms. The van der Waals surface area contributed by atoms with E-state index < -0.39 is 0 Å². The van der Waals surface area contributed by atoms with Crippen molar-refractivity contribution in [1.82, 2.24) is 24.5 Å². The van der Waals surface area contributed by atoms with Crippen molar-refractivity contribution in [3.05, 3.63) is 64.9 Å². The molecule has 8 heteroatoms. The largest absolute Gasteiger partial charge is 0.340 e. The number of hydrogen-bond donors (Lipinski definition) is 0. The maximum atomic E-state index is 13.1. The van der Waals surface area contributed by atoms with Crippen molar-refractivity contribution in [1.29, 1.82) is 0 Å². The van der Waals surface area contributed by atoms with Gasteiger partial charge in [0.2, 0.25) is 5.95 Å². The smallest absolute Gasteiger partial charge is 0.253 e. The van der Waals surface area contributed by atoms with Crippen LogP contribution in [0.1, 0.15) is 60.6 Å². The third-order valence-corrected chi connectivity index (χ3v) is 7.63. The average molecular weight is 489 g/mol. The van der Waals surface area contributed by atoms with Gasteiger partial charge in [-0.1, -0.05) is 43.0 Å². The minimum absolute atomic E-state index is 0.0485. The van der Waals surface area contributed by atoms with Gasteiger partial charge in [-0.25, -0.2) is 9.38 Å². The van der Waals surface area contributed by atoms with E-state index in [0.29, 0.717) is 36.1 Å². The predicted octanol–water partition coefficient (Wildman–Crippen LogP) is 5.33. The van der Waals surface area contributed by atoms with Gasteiger partial charge >= 0.3 is 0 Å². The van der Waals surface area contributed by atoms with Crippen LogP contribution < -0.4 is 4.90 Å². The van der Waals surface area contributed by atoms with E-state index >= 15 is 0 Å². The van der Waals surface area contributed by atoms with Crippen molar-refractivity contribution < 1.29 is 4.79 Å². The van der Waals surface area contributed by atoms with Gasteiger partial charge in [0.05, 0.1) is 5.52 Å². The zero-order valence-corrected chi connectivity index (χ0v) is 20.5. The van der Waals surface area contributed by atoms with Crippen molar-refractivity contribution in [2.75, 3.05) is 31.1 Å². The van der Waals surface area contributed by atoms with Gasteiger partial charge in [0, 0.05) is 48.1 Å². The monoisotopic (exact) mass is 488 g/mol. The lowest BCUT2D eigenvalue weighted by atomic mass is 9.89. The first kappa shape index (κ1) is 22.3. The van der Waals surface area contributed by atoms with Crippen molar-refractivity contribution in [3.8, 4) is 0 Å². The molecule has 2 aliphatic rings. The van der Waals surface area contributed by atoms with Crippen LogP contribution in [0.15, 0.2) is 48.5 Å². The van der Waals surface area contributed by atoms with Gasteiger partial charge in [-0.05, 0) is 55.7 Å². The van der Waals surface area contributed by atoms with E-state index in [1.54, 1.807) is 24.3 Å². The molecule has 0 radical (unpaired) electrons. The van der Waals surface area contributed by atoms with E-state index in [2.05, 4.69) is 20.5 Å². The number of benzene rings is 2. The molecule has 3 heterocycles. The summed E-state index contributed by atoms with van der Waals surface area (Å²) in [4.78, 5) is 22.5. The summed E-state index contributed by atoms with van der Waals surface area (Å²) in [5.74, 6) is 2.39. The predicted molar refractivity (Wildman–Crippen MR) is 138 cm³/mol. The molecule has 35 heavy (non-hydrogen) atoms. The molecule has 2 fully saturated rings. The summed E-state index contributed by atoms with van der Waals surface area (Å²) in [5, 5.41) is 11.0. The molecular weight excluding hydrogens is 460 g/mol. The third-order valence-electron chi connectivity index (χ3n) is 7.38. The second-order valence-electron chi connectivity index (χ2n) is 9.62. The summed E-state index contributed by atoms with van der Waals surface area (Å²) in [7, 11) is 0. The van der Waals surface area contributed by atoms with Crippen LogP contribution in [0.3, 0.4) is 0 Å². The number of nitrogens with zero attached hydrogens (tertiary/aromatic N) is 6. The fourth-order valence-corrected chi connectivity index (χ4v) is 5.64. The number of anilines is 1. The molecule has 2 aromatic heterocycles. The van der Waals surface area contributed by atoms with Crippen LogP contribution in [0.5, 0.6) is 0 Å². The molecule has 1 saturated carbocycles. The molecule has 0 unspecified atom stereocenters. The van der Waals surface area contributed by atoms with Crippen LogP contribution in [-0.2, 0) is 0 Å². The van der Waals surface area contributed by atoms with E-state index in [9.17, 15) is 4.79 Å². The summed E-state index contributed by atoms with van der Waals surface area (Å²) >= 11 is 6.01. The Labute approximate surface area is 209 Å². The number of hydrogen-bond acceptors (Lipinski definition) is 5. The number of rotatable bonds is 3. The average Bonchev–Trinajstić information content (AvgIpc) is 3.20. The van der Waals surface area contributed by atoms with Gasteiger partial charge in [-0.2, -0.15) is 0 Å². The maximum Gasteiger partial charge on any atom is 0.253 e. The van der Waals surface area contributed by atoms with Crippen LogP contribution in [0.25, 0.3) is 16.6 Å². The molecule has 0 atom stereocenters. The molecule has 0 N–H and O–H groups in total. The van der Waals surface area contributed by atoms with Crippen LogP contribution >= 0.6 is 11.6 Å². The highest BCUT2D eigenvalue weighted by molar-refractivity contribution is 6.30. The van der Waals surface area contributed by atoms with Crippen LogP contribution in [0, 0.1) is 0 Å². The first-order chi connectivity index (χ1) is 17.2. The van der Waals surface area contributed by atoms with Gasteiger partial charge < -0.3 is 9.80 Å². The van der Waals surface area contributed by atoms with Gasteiger partial charge in [-0.3, -0.25) is 4.79 Å². The SMILES string of the molecule is O=C(c1ccc(Cl)cc1)N1CCCN(c2nc3ccccc3c3nnc(C4CCCCC4)n23)CC1. The number of fused-ring (bicyclic) bond motifs is 3. The van der Waals surface area contributed by atoms with Crippen molar-refractivity contribution in [2.45, 2.75) is 44.4 Å². The Morgan fingerprint density at radius 2 is 1.66 bits per heavy atom. The first-order valence-electron chi connectivity index (χ1n) is 12.6. The second kappa shape index (κ2) is 9.46. The normalized spacial score (nSPS) is 17.7. The molecule has 4 aromatic rings. The minimum Gasteiger partial charge on any atom is -0.340 e. The summed E-state index contributed by atoms with van der Waals surface area (Å²) in [6, 6.07) is 15.3. The number of aromatic nitrogens is 4. The molecular formula is C27H29ClN6O. The highest BCUT2D eigenvalue weighted by atomic mass is 35.5. The zero-order valence-electron chi connectivity index (χ0n) is 19.7. The summed E-state index contributed by atoms with van der Waals surface area (Å²) in [6.07, 6.45) is 6.94. The Morgan fingerprint density at radius 3 is 2.49 bits per heavy atom. The molecule has 0 bridgehead atoms. The van der Waals surface area contributed by atoms with Gasteiger partial charge in [0.25, 0.3) is 5.91 Å². The van der Waals surface area contributed by atoms with Gasteiger partial charge in [0.15, 0.2) is 5.65 Å². The van der Waals surface area contributed by atoms with Crippen LogP contribution in [0.2, 0.25) is 5.02 Å². The number of carbonyl (C=O) groups is 1. The van der Waals surface area contributed by atoms with E-state index in [1.807, 2.05) is 23.1 Å². The Hall–Kier alpha value is -3.19. The van der Waals surface area contributed by atoms with E-state index in [1.165, 1.54) is 19.3 Å². The summed E-state index contributed by atoms with van der Waals surface area (Å²) in [6.45, 7) is 2.89. The molecule has 6 rings (SSSR count). The number of amides is 1. The molecule has 1 aliphatic carbocycles. The van der Waals surface area contributed by atoms with E-state index in [0.717, 1.165) is 54.1 Å². The topological polar surface area (TPSA) is 66.6 Å². The summed E-state index contributed by atoms with van der Waals surface area (Å²) < 4.78 is 2.20.